The van der Waals surface area contributed by atoms with E-state index in [1.807, 2.05) is 0 Å². The number of rotatable bonds is 3. The first-order valence-corrected chi connectivity index (χ1v) is 8.08. The summed E-state index contributed by atoms with van der Waals surface area (Å²) in [5.74, 6) is -0.262. The third-order valence-corrected chi connectivity index (χ3v) is 5.28. The molecule has 1 aliphatic carbocycles. The van der Waals surface area contributed by atoms with Gasteiger partial charge in [0, 0.05) is 10.7 Å². The van der Waals surface area contributed by atoms with Crippen LogP contribution in [0.2, 0.25) is 0 Å². The largest absolute Gasteiger partial charge is 0.468 e. The molecule has 0 atom stereocenters. The van der Waals surface area contributed by atoms with Gasteiger partial charge in [-0.3, -0.25) is 4.79 Å². The molecule has 1 saturated carbocycles. The summed E-state index contributed by atoms with van der Waals surface area (Å²) in [4.78, 5) is 12.0. The van der Waals surface area contributed by atoms with E-state index < -0.39 is 15.3 Å². The Morgan fingerprint density at radius 3 is 2.39 bits per heavy atom. The Hall–Kier alpha value is -0.880. The molecule has 0 saturated heterocycles. The standard InChI is InChI=1S/C12H13BrO4S/c1-17-11(14)12(5-6-12)8-3-4-10(9(13)7-8)18(2,15)16/h3-4,7H,5-6H2,1-2H3. The van der Waals surface area contributed by atoms with Crippen LogP contribution < -0.4 is 0 Å². The number of sulfone groups is 1. The SMILES string of the molecule is COC(=O)C1(c2ccc(S(C)(=O)=O)c(Br)c2)CC1. The van der Waals surface area contributed by atoms with Crippen molar-refractivity contribution in [1.82, 2.24) is 0 Å². The van der Waals surface area contributed by atoms with Gasteiger partial charge in [-0.15, -0.1) is 0 Å². The second-order valence-electron chi connectivity index (χ2n) is 4.49. The van der Waals surface area contributed by atoms with Gasteiger partial charge in [-0.2, -0.15) is 0 Å². The second-order valence-corrected chi connectivity index (χ2v) is 7.33. The number of carbonyl (C=O) groups excluding carboxylic acids is 1. The molecule has 0 spiro atoms. The van der Waals surface area contributed by atoms with Crippen molar-refractivity contribution in [3.05, 3.63) is 28.2 Å². The van der Waals surface area contributed by atoms with E-state index in [0.29, 0.717) is 4.47 Å². The smallest absolute Gasteiger partial charge is 0.316 e. The first-order valence-electron chi connectivity index (χ1n) is 5.40. The monoisotopic (exact) mass is 332 g/mol. The Morgan fingerprint density at radius 2 is 2.00 bits per heavy atom. The summed E-state index contributed by atoms with van der Waals surface area (Å²) in [5.41, 5.74) is 0.224. The number of methoxy groups -OCH3 is 1. The number of halogens is 1. The molecule has 0 radical (unpaired) electrons. The summed E-state index contributed by atoms with van der Waals surface area (Å²) in [6.07, 6.45) is 2.63. The number of ether oxygens (including phenoxy) is 1. The maximum Gasteiger partial charge on any atom is 0.316 e. The van der Waals surface area contributed by atoms with Crippen LogP contribution in [0.3, 0.4) is 0 Å². The Morgan fingerprint density at radius 1 is 1.39 bits per heavy atom. The molecular weight excluding hydrogens is 320 g/mol. The fourth-order valence-corrected chi connectivity index (χ4v) is 4.02. The molecule has 1 aromatic carbocycles. The van der Waals surface area contributed by atoms with Crippen molar-refractivity contribution >= 4 is 31.7 Å². The minimum Gasteiger partial charge on any atom is -0.468 e. The van der Waals surface area contributed by atoms with Crippen LogP contribution in [-0.4, -0.2) is 27.8 Å². The van der Waals surface area contributed by atoms with E-state index in [4.69, 9.17) is 4.74 Å². The molecule has 0 amide bonds. The zero-order chi connectivity index (χ0) is 13.6. The van der Waals surface area contributed by atoms with Crippen LogP contribution in [0.5, 0.6) is 0 Å². The number of hydrogen-bond acceptors (Lipinski definition) is 4. The van der Waals surface area contributed by atoms with E-state index in [1.165, 1.54) is 13.2 Å². The van der Waals surface area contributed by atoms with Gasteiger partial charge >= 0.3 is 5.97 Å². The highest BCUT2D eigenvalue weighted by atomic mass is 79.9. The lowest BCUT2D eigenvalue weighted by molar-refractivity contribution is -0.143. The highest BCUT2D eigenvalue weighted by Crippen LogP contribution is 2.50. The van der Waals surface area contributed by atoms with Crippen LogP contribution >= 0.6 is 15.9 Å². The first-order chi connectivity index (χ1) is 8.31. The molecule has 0 heterocycles. The molecule has 98 valence electrons. The third kappa shape index (κ3) is 2.19. The van der Waals surface area contributed by atoms with Crippen LogP contribution in [0.25, 0.3) is 0 Å². The normalized spacial score (nSPS) is 17.3. The van der Waals surface area contributed by atoms with Crippen molar-refractivity contribution < 1.29 is 17.9 Å². The van der Waals surface area contributed by atoms with E-state index in [2.05, 4.69) is 15.9 Å². The fourth-order valence-electron chi connectivity index (χ4n) is 2.03. The Balaban J connectivity index is 2.45. The Kier molecular flexibility index (Phi) is 3.27. The minimum atomic E-state index is -3.26. The maximum atomic E-state index is 11.7. The molecule has 0 N–H and O–H groups in total. The number of hydrogen-bond donors (Lipinski definition) is 0. The van der Waals surface area contributed by atoms with Crippen LogP contribution in [0.4, 0.5) is 0 Å². The highest BCUT2D eigenvalue weighted by molar-refractivity contribution is 9.10. The van der Waals surface area contributed by atoms with Crippen molar-refractivity contribution in [3.63, 3.8) is 0 Å². The number of benzene rings is 1. The zero-order valence-electron chi connectivity index (χ0n) is 10.1. The van der Waals surface area contributed by atoms with Crippen molar-refractivity contribution in [2.45, 2.75) is 23.2 Å². The third-order valence-electron chi connectivity index (χ3n) is 3.21. The highest BCUT2D eigenvalue weighted by Gasteiger charge is 2.52. The number of carbonyl (C=O) groups is 1. The molecule has 0 unspecified atom stereocenters. The average Bonchev–Trinajstić information content (AvgIpc) is 3.07. The van der Waals surface area contributed by atoms with Crippen LogP contribution in [0, 0.1) is 0 Å². The van der Waals surface area contributed by atoms with Crippen molar-refractivity contribution in [2.75, 3.05) is 13.4 Å². The Labute approximate surface area is 114 Å². The van der Waals surface area contributed by atoms with Crippen molar-refractivity contribution in [2.24, 2.45) is 0 Å². The minimum absolute atomic E-state index is 0.229. The summed E-state index contributed by atoms with van der Waals surface area (Å²) >= 11 is 3.24. The first kappa shape index (κ1) is 13.5. The molecule has 1 aliphatic rings. The van der Waals surface area contributed by atoms with Crippen LogP contribution in [0.15, 0.2) is 27.6 Å². The van der Waals surface area contributed by atoms with E-state index >= 15 is 0 Å². The van der Waals surface area contributed by atoms with E-state index in [0.717, 1.165) is 24.7 Å². The number of esters is 1. The lowest BCUT2D eigenvalue weighted by Gasteiger charge is -2.14. The molecule has 1 fully saturated rings. The predicted octanol–water partition coefficient (Wildman–Crippen LogP) is 2.06. The summed E-state index contributed by atoms with van der Waals surface area (Å²) in [6, 6.07) is 4.91. The molecule has 1 aromatic rings. The van der Waals surface area contributed by atoms with Crippen molar-refractivity contribution in [1.29, 1.82) is 0 Å². The Bertz CT molecular complexity index is 603. The fraction of sp³-hybridized carbons (Fsp3) is 0.417. The van der Waals surface area contributed by atoms with Gasteiger partial charge in [0.2, 0.25) is 0 Å². The van der Waals surface area contributed by atoms with Gasteiger partial charge < -0.3 is 4.74 Å². The molecule has 2 rings (SSSR count). The molecule has 0 aliphatic heterocycles. The average molecular weight is 333 g/mol. The van der Waals surface area contributed by atoms with E-state index in [1.54, 1.807) is 12.1 Å². The zero-order valence-corrected chi connectivity index (χ0v) is 12.5. The molecule has 6 heteroatoms. The summed E-state index contributed by atoms with van der Waals surface area (Å²) < 4.78 is 28.3. The molecule has 0 bridgehead atoms. The maximum absolute atomic E-state index is 11.7. The van der Waals surface area contributed by atoms with E-state index in [-0.39, 0.29) is 10.9 Å². The predicted molar refractivity (Wildman–Crippen MR) is 70.2 cm³/mol. The van der Waals surface area contributed by atoms with Gasteiger partial charge in [-0.05, 0) is 46.5 Å². The summed E-state index contributed by atoms with van der Waals surface area (Å²) in [7, 11) is -1.90. The topological polar surface area (TPSA) is 60.4 Å². The van der Waals surface area contributed by atoms with Crippen LogP contribution in [-0.2, 0) is 24.8 Å². The van der Waals surface area contributed by atoms with Crippen LogP contribution in [0.1, 0.15) is 18.4 Å². The van der Waals surface area contributed by atoms with Gasteiger partial charge in [0.25, 0.3) is 0 Å². The van der Waals surface area contributed by atoms with Gasteiger partial charge in [0.05, 0.1) is 17.4 Å². The lowest BCUT2D eigenvalue weighted by Crippen LogP contribution is -2.22. The van der Waals surface area contributed by atoms with Crippen molar-refractivity contribution in [3.8, 4) is 0 Å². The van der Waals surface area contributed by atoms with E-state index in [9.17, 15) is 13.2 Å². The second kappa shape index (κ2) is 4.35. The van der Waals surface area contributed by atoms with Gasteiger partial charge in [0.1, 0.15) is 0 Å². The lowest BCUT2D eigenvalue weighted by atomic mass is 9.96. The van der Waals surface area contributed by atoms with Gasteiger partial charge in [-0.25, -0.2) is 8.42 Å². The molecule has 4 nitrogen and oxygen atoms in total. The summed E-state index contributed by atoms with van der Waals surface area (Å²) in [5, 5.41) is 0. The van der Waals surface area contributed by atoms with Gasteiger partial charge in [-0.1, -0.05) is 6.07 Å². The van der Waals surface area contributed by atoms with Gasteiger partial charge in [0.15, 0.2) is 9.84 Å². The quantitative estimate of drug-likeness (QED) is 0.795. The molecule has 0 aromatic heterocycles. The molecular formula is C12H13BrO4S. The molecule has 18 heavy (non-hydrogen) atoms. The summed E-state index contributed by atoms with van der Waals surface area (Å²) in [6.45, 7) is 0.